The summed E-state index contributed by atoms with van der Waals surface area (Å²) in [4.78, 5) is 2.51. The van der Waals surface area contributed by atoms with Gasteiger partial charge in [0.1, 0.15) is 0 Å². The van der Waals surface area contributed by atoms with Crippen molar-refractivity contribution in [3.63, 3.8) is 0 Å². The van der Waals surface area contributed by atoms with Gasteiger partial charge in [0.15, 0.2) is 0 Å². The van der Waals surface area contributed by atoms with E-state index in [-0.39, 0.29) is 12.4 Å². The minimum Gasteiger partial charge on any atom is -0.328 e. The van der Waals surface area contributed by atoms with Gasteiger partial charge < -0.3 is 5.73 Å². The van der Waals surface area contributed by atoms with Crippen LogP contribution in [0.15, 0.2) is 30.5 Å². The van der Waals surface area contributed by atoms with Crippen LogP contribution in [0.25, 0.3) is 11.3 Å². The van der Waals surface area contributed by atoms with E-state index < -0.39 is 0 Å². The zero-order valence-corrected chi connectivity index (χ0v) is 14.1. The number of piperidine rings is 1. The lowest BCUT2D eigenvalue weighted by molar-refractivity contribution is 0.206. The van der Waals surface area contributed by atoms with Crippen LogP contribution in [0, 0.1) is 6.92 Å². The molecule has 3 rings (SSSR count). The predicted octanol–water partition coefficient (Wildman–Crippen LogP) is 2.74. The highest BCUT2D eigenvalue weighted by molar-refractivity contribution is 5.85. The summed E-state index contributed by atoms with van der Waals surface area (Å²) in [6.45, 7) is 5.33. The Labute approximate surface area is 138 Å². The first-order valence-corrected chi connectivity index (χ1v) is 7.69. The number of aryl methyl sites for hydroxylation is 2. The molecule has 1 aliphatic heterocycles. The predicted molar refractivity (Wildman–Crippen MR) is 93.1 cm³/mol. The van der Waals surface area contributed by atoms with Crippen molar-refractivity contribution in [2.75, 3.05) is 13.1 Å². The fraction of sp³-hybridized carbons (Fsp3) is 0.471. The zero-order valence-electron chi connectivity index (χ0n) is 13.3. The summed E-state index contributed by atoms with van der Waals surface area (Å²) in [5, 5.41) is 4.31. The van der Waals surface area contributed by atoms with Gasteiger partial charge in [0, 0.05) is 31.4 Å². The number of hydrogen-bond acceptors (Lipinski definition) is 3. The average Bonchev–Trinajstić information content (AvgIpc) is 2.89. The first kappa shape index (κ1) is 17.0. The van der Waals surface area contributed by atoms with E-state index in [4.69, 9.17) is 5.73 Å². The Bertz CT molecular complexity index is 615. The van der Waals surface area contributed by atoms with Gasteiger partial charge in [-0.1, -0.05) is 17.7 Å². The second-order valence-corrected chi connectivity index (χ2v) is 6.11. The Kier molecular flexibility index (Phi) is 5.62. The van der Waals surface area contributed by atoms with Gasteiger partial charge in [0.25, 0.3) is 0 Å². The zero-order chi connectivity index (χ0) is 14.8. The van der Waals surface area contributed by atoms with E-state index in [1.807, 2.05) is 17.9 Å². The highest BCUT2D eigenvalue weighted by Gasteiger charge is 2.18. The van der Waals surface area contributed by atoms with Crippen LogP contribution in [0.4, 0.5) is 0 Å². The number of benzene rings is 1. The summed E-state index contributed by atoms with van der Waals surface area (Å²) < 4.78 is 1.95. The molecule has 0 spiro atoms. The molecular weight excluding hydrogens is 296 g/mol. The average molecular weight is 321 g/mol. The molecule has 0 unspecified atom stereocenters. The van der Waals surface area contributed by atoms with Crippen molar-refractivity contribution in [3.8, 4) is 11.3 Å². The van der Waals surface area contributed by atoms with E-state index in [1.54, 1.807) is 0 Å². The molecule has 0 radical (unpaired) electrons. The van der Waals surface area contributed by atoms with Crippen LogP contribution in [0.5, 0.6) is 0 Å². The molecule has 0 bridgehead atoms. The molecule has 2 aromatic rings. The Hall–Kier alpha value is -1.36. The van der Waals surface area contributed by atoms with E-state index in [2.05, 4.69) is 41.2 Å². The minimum atomic E-state index is 0. The van der Waals surface area contributed by atoms with Crippen LogP contribution >= 0.6 is 12.4 Å². The topological polar surface area (TPSA) is 47.1 Å². The standard InChI is InChI=1S/C17H24N4.ClH/c1-13-3-4-14(12-21-9-6-15(18)7-10-21)16(11-13)17-5-8-19-20(17)2;/h3-5,8,11,15H,6-7,9-10,12,18H2,1-2H3;1H. The van der Waals surface area contributed by atoms with Gasteiger partial charge in [0.2, 0.25) is 0 Å². The number of aromatic nitrogens is 2. The highest BCUT2D eigenvalue weighted by Crippen LogP contribution is 2.26. The number of nitrogens with two attached hydrogens (primary N) is 1. The fourth-order valence-electron chi connectivity index (χ4n) is 3.06. The van der Waals surface area contributed by atoms with Crippen molar-refractivity contribution in [1.29, 1.82) is 0 Å². The molecule has 0 atom stereocenters. The van der Waals surface area contributed by atoms with Crippen molar-refractivity contribution >= 4 is 12.4 Å². The van der Waals surface area contributed by atoms with E-state index in [0.717, 1.165) is 32.5 Å². The summed E-state index contributed by atoms with van der Waals surface area (Å²) in [7, 11) is 2.00. The van der Waals surface area contributed by atoms with E-state index >= 15 is 0 Å². The van der Waals surface area contributed by atoms with Gasteiger partial charge in [-0.2, -0.15) is 5.10 Å². The molecule has 1 saturated heterocycles. The Morgan fingerprint density at radius 1 is 1.23 bits per heavy atom. The van der Waals surface area contributed by atoms with Gasteiger partial charge in [-0.3, -0.25) is 9.58 Å². The van der Waals surface area contributed by atoms with E-state index in [0.29, 0.717) is 6.04 Å². The summed E-state index contributed by atoms with van der Waals surface area (Å²) >= 11 is 0. The molecule has 120 valence electrons. The van der Waals surface area contributed by atoms with Gasteiger partial charge in [-0.25, -0.2) is 0 Å². The van der Waals surface area contributed by atoms with Crippen LogP contribution in [0.1, 0.15) is 24.0 Å². The normalized spacial score (nSPS) is 16.5. The molecular formula is C17H25ClN4. The minimum absolute atomic E-state index is 0. The van der Waals surface area contributed by atoms with Crippen molar-refractivity contribution in [3.05, 3.63) is 41.6 Å². The summed E-state index contributed by atoms with van der Waals surface area (Å²) in [6.07, 6.45) is 4.07. The maximum absolute atomic E-state index is 6.00. The van der Waals surface area contributed by atoms with E-state index in [9.17, 15) is 0 Å². The Balaban J connectivity index is 0.00000176. The van der Waals surface area contributed by atoms with Gasteiger partial charge >= 0.3 is 0 Å². The highest BCUT2D eigenvalue weighted by atomic mass is 35.5. The summed E-state index contributed by atoms with van der Waals surface area (Å²) in [5.41, 5.74) is 11.1. The van der Waals surface area contributed by atoms with Gasteiger partial charge in [-0.05, 0) is 50.6 Å². The molecule has 1 aromatic carbocycles. The molecule has 5 heteroatoms. The maximum atomic E-state index is 6.00. The third-order valence-electron chi connectivity index (χ3n) is 4.39. The fourth-order valence-corrected chi connectivity index (χ4v) is 3.06. The van der Waals surface area contributed by atoms with Crippen molar-refractivity contribution in [2.24, 2.45) is 12.8 Å². The first-order valence-electron chi connectivity index (χ1n) is 7.69. The molecule has 4 nitrogen and oxygen atoms in total. The van der Waals surface area contributed by atoms with Crippen molar-refractivity contribution < 1.29 is 0 Å². The van der Waals surface area contributed by atoms with Crippen LogP contribution in [0.2, 0.25) is 0 Å². The molecule has 22 heavy (non-hydrogen) atoms. The van der Waals surface area contributed by atoms with E-state index in [1.165, 1.54) is 22.4 Å². The summed E-state index contributed by atoms with van der Waals surface area (Å²) in [5.74, 6) is 0. The van der Waals surface area contributed by atoms with Gasteiger partial charge in [0.05, 0.1) is 5.69 Å². The number of halogens is 1. The molecule has 1 fully saturated rings. The Morgan fingerprint density at radius 3 is 2.59 bits per heavy atom. The first-order chi connectivity index (χ1) is 10.1. The van der Waals surface area contributed by atoms with Crippen LogP contribution in [-0.2, 0) is 13.6 Å². The molecule has 1 aromatic heterocycles. The third kappa shape index (κ3) is 3.69. The summed E-state index contributed by atoms with van der Waals surface area (Å²) in [6, 6.07) is 9.19. The lowest BCUT2D eigenvalue weighted by Crippen LogP contribution is -2.39. The van der Waals surface area contributed by atoms with Crippen LogP contribution < -0.4 is 5.73 Å². The lowest BCUT2D eigenvalue weighted by Gasteiger charge is -2.30. The molecule has 0 amide bonds. The maximum Gasteiger partial charge on any atom is 0.0682 e. The van der Waals surface area contributed by atoms with Crippen molar-refractivity contribution in [2.45, 2.75) is 32.4 Å². The number of nitrogens with zero attached hydrogens (tertiary/aromatic N) is 3. The SMILES string of the molecule is Cc1ccc(CN2CCC(N)CC2)c(-c2ccnn2C)c1.Cl. The monoisotopic (exact) mass is 320 g/mol. The van der Waals surface area contributed by atoms with Crippen LogP contribution in [0.3, 0.4) is 0 Å². The second-order valence-electron chi connectivity index (χ2n) is 6.11. The number of hydrogen-bond donors (Lipinski definition) is 1. The quantitative estimate of drug-likeness (QED) is 0.946. The second kappa shape index (κ2) is 7.27. The molecule has 0 aliphatic carbocycles. The smallest absolute Gasteiger partial charge is 0.0682 e. The largest absolute Gasteiger partial charge is 0.328 e. The van der Waals surface area contributed by atoms with Gasteiger partial charge in [-0.15, -0.1) is 12.4 Å². The van der Waals surface area contributed by atoms with Crippen molar-refractivity contribution in [1.82, 2.24) is 14.7 Å². The molecule has 1 aliphatic rings. The Morgan fingerprint density at radius 2 is 1.95 bits per heavy atom. The number of likely N-dealkylation sites (tertiary alicyclic amines) is 1. The third-order valence-corrected chi connectivity index (χ3v) is 4.39. The lowest BCUT2D eigenvalue weighted by atomic mass is 9.99. The molecule has 2 heterocycles. The van der Waals surface area contributed by atoms with Crippen LogP contribution in [-0.4, -0.2) is 33.8 Å². The molecule has 2 N–H and O–H groups in total. The number of rotatable bonds is 3. The molecule has 0 saturated carbocycles.